The number of rotatable bonds is 7. The van der Waals surface area contributed by atoms with Gasteiger partial charge in [-0.1, -0.05) is 48.2 Å². The predicted octanol–water partition coefficient (Wildman–Crippen LogP) is 5.42. The summed E-state index contributed by atoms with van der Waals surface area (Å²) in [5.41, 5.74) is 4.60. The lowest BCUT2D eigenvalue weighted by molar-refractivity contribution is 0.355. The molecule has 1 heterocycles. The summed E-state index contributed by atoms with van der Waals surface area (Å²) in [5, 5.41) is 19.2. The molecule has 0 saturated heterocycles. The van der Waals surface area contributed by atoms with Gasteiger partial charge in [0.2, 0.25) is 0 Å². The first-order valence-corrected chi connectivity index (χ1v) is 11.0. The minimum Gasteiger partial charge on any atom is -0.493 e. The Labute approximate surface area is 191 Å². The zero-order valence-corrected chi connectivity index (χ0v) is 18.9. The molecule has 0 aliphatic heterocycles. The van der Waals surface area contributed by atoms with Crippen LogP contribution in [0.4, 0.5) is 0 Å². The van der Waals surface area contributed by atoms with Gasteiger partial charge in [-0.25, -0.2) is 0 Å². The van der Waals surface area contributed by atoms with E-state index in [9.17, 15) is 5.26 Å². The molecule has 3 aromatic carbocycles. The summed E-state index contributed by atoms with van der Waals surface area (Å²) in [6.07, 6.45) is 0. The number of methoxy groups -OCH3 is 2. The second-order valence-corrected chi connectivity index (χ2v) is 8.00. The van der Waals surface area contributed by atoms with Gasteiger partial charge in [0, 0.05) is 11.3 Å². The van der Waals surface area contributed by atoms with Gasteiger partial charge < -0.3 is 9.47 Å². The van der Waals surface area contributed by atoms with E-state index in [0.717, 1.165) is 27.5 Å². The third-order valence-electron chi connectivity index (χ3n) is 5.13. The Hall–Kier alpha value is -3.76. The number of benzene rings is 3. The van der Waals surface area contributed by atoms with Gasteiger partial charge in [0.05, 0.1) is 31.5 Å². The van der Waals surface area contributed by atoms with Crippen LogP contribution in [-0.4, -0.2) is 29.0 Å². The van der Waals surface area contributed by atoms with Crippen LogP contribution in [0.25, 0.3) is 17.1 Å². The molecule has 0 bridgehead atoms. The maximum Gasteiger partial charge on any atom is 0.196 e. The molecule has 0 radical (unpaired) electrons. The first kappa shape index (κ1) is 21.5. The Kier molecular flexibility index (Phi) is 6.43. The zero-order chi connectivity index (χ0) is 22.5. The highest BCUT2D eigenvalue weighted by Gasteiger charge is 2.19. The van der Waals surface area contributed by atoms with Crippen LogP contribution in [0.1, 0.15) is 16.7 Å². The fourth-order valence-electron chi connectivity index (χ4n) is 3.45. The molecule has 6 nitrogen and oxygen atoms in total. The van der Waals surface area contributed by atoms with E-state index < -0.39 is 0 Å². The number of nitrogens with zero attached hydrogens (tertiary/aromatic N) is 4. The van der Waals surface area contributed by atoms with E-state index in [1.807, 2.05) is 54.6 Å². The topological polar surface area (TPSA) is 73.0 Å². The van der Waals surface area contributed by atoms with Gasteiger partial charge in [0.1, 0.15) is 0 Å². The molecule has 32 heavy (non-hydrogen) atoms. The van der Waals surface area contributed by atoms with Crippen molar-refractivity contribution in [1.82, 2.24) is 14.8 Å². The molecular formula is C25H22N4O2S. The fourth-order valence-corrected chi connectivity index (χ4v) is 4.40. The van der Waals surface area contributed by atoms with Crippen molar-refractivity contribution in [3.05, 3.63) is 83.4 Å². The smallest absolute Gasteiger partial charge is 0.196 e. The first-order chi connectivity index (χ1) is 15.7. The molecule has 0 atom stereocenters. The summed E-state index contributed by atoms with van der Waals surface area (Å²) in [6.45, 7) is 2.06. The quantitative estimate of drug-likeness (QED) is 0.356. The number of nitriles is 1. The number of para-hydroxylation sites is 1. The second kappa shape index (κ2) is 9.58. The largest absolute Gasteiger partial charge is 0.493 e. The molecular weight excluding hydrogens is 420 g/mol. The Bertz CT molecular complexity index is 1290. The third-order valence-corrected chi connectivity index (χ3v) is 6.10. The van der Waals surface area contributed by atoms with Gasteiger partial charge >= 0.3 is 0 Å². The van der Waals surface area contributed by atoms with Crippen LogP contribution >= 0.6 is 11.8 Å². The number of aromatic nitrogens is 3. The molecule has 0 aliphatic carbocycles. The molecule has 4 aromatic rings. The summed E-state index contributed by atoms with van der Waals surface area (Å²) in [4.78, 5) is 0. The lowest BCUT2D eigenvalue weighted by Gasteiger charge is -2.14. The number of hydrogen-bond acceptors (Lipinski definition) is 6. The van der Waals surface area contributed by atoms with Crippen LogP contribution in [0.5, 0.6) is 11.5 Å². The maximum absolute atomic E-state index is 9.41. The van der Waals surface area contributed by atoms with Crippen LogP contribution < -0.4 is 9.47 Å². The van der Waals surface area contributed by atoms with E-state index >= 15 is 0 Å². The lowest BCUT2D eigenvalue weighted by atomic mass is 10.1. The average Bonchev–Trinajstić information content (AvgIpc) is 3.26. The normalized spacial score (nSPS) is 10.6. The monoisotopic (exact) mass is 442 g/mol. The van der Waals surface area contributed by atoms with Gasteiger partial charge in [-0.3, -0.25) is 4.57 Å². The highest BCUT2D eigenvalue weighted by molar-refractivity contribution is 7.98. The predicted molar refractivity (Wildman–Crippen MR) is 125 cm³/mol. The van der Waals surface area contributed by atoms with Crippen molar-refractivity contribution in [1.29, 1.82) is 5.26 Å². The minimum absolute atomic E-state index is 0.611. The van der Waals surface area contributed by atoms with Crippen LogP contribution in [0.3, 0.4) is 0 Å². The van der Waals surface area contributed by atoms with Crippen molar-refractivity contribution >= 4 is 11.8 Å². The van der Waals surface area contributed by atoms with Crippen LogP contribution in [0.2, 0.25) is 0 Å². The summed E-state index contributed by atoms with van der Waals surface area (Å²) in [7, 11) is 3.23. The van der Waals surface area contributed by atoms with Crippen molar-refractivity contribution in [2.75, 3.05) is 14.2 Å². The van der Waals surface area contributed by atoms with Crippen molar-refractivity contribution in [2.24, 2.45) is 0 Å². The van der Waals surface area contributed by atoms with Crippen molar-refractivity contribution in [2.45, 2.75) is 17.8 Å². The SMILES string of the molecule is COc1ccc(-c2nnc(SCc3ccccc3C#N)n2-c2ccccc2C)cc1OC. The van der Waals surface area contributed by atoms with Crippen LogP contribution in [0.15, 0.2) is 71.9 Å². The molecule has 160 valence electrons. The van der Waals surface area contributed by atoms with E-state index in [-0.39, 0.29) is 0 Å². The zero-order valence-electron chi connectivity index (χ0n) is 18.1. The van der Waals surface area contributed by atoms with E-state index in [1.54, 1.807) is 26.0 Å². The van der Waals surface area contributed by atoms with Crippen molar-refractivity contribution < 1.29 is 9.47 Å². The van der Waals surface area contributed by atoms with E-state index in [2.05, 4.69) is 39.9 Å². The molecule has 0 saturated carbocycles. The number of ether oxygens (including phenoxy) is 2. The summed E-state index contributed by atoms with van der Waals surface area (Å²) >= 11 is 1.55. The van der Waals surface area contributed by atoms with Crippen molar-refractivity contribution in [3.63, 3.8) is 0 Å². The molecule has 0 spiro atoms. The molecule has 1 aromatic heterocycles. The average molecular weight is 443 g/mol. The fraction of sp³-hybridized carbons (Fsp3) is 0.160. The summed E-state index contributed by atoms with van der Waals surface area (Å²) < 4.78 is 12.9. The van der Waals surface area contributed by atoms with E-state index in [4.69, 9.17) is 9.47 Å². The Morgan fingerprint density at radius 1 is 0.938 bits per heavy atom. The highest BCUT2D eigenvalue weighted by atomic mass is 32.2. The second-order valence-electron chi connectivity index (χ2n) is 7.06. The van der Waals surface area contributed by atoms with Crippen LogP contribution in [0, 0.1) is 18.3 Å². The van der Waals surface area contributed by atoms with E-state index in [0.29, 0.717) is 28.6 Å². The number of aryl methyl sites for hydroxylation is 1. The summed E-state index contributed by atoms with van der Waals surface area (Å²) in [6, 6.07) is 23.7. The standard InChI is InChI=1S/C25H22N4O2S/c1-17-8-4-7-11-21(17)29-24(18-12-13-22(30-2)23(14-18)31-3)27-28-25(29)32-16-20-10-6-5-9-19(20)15-26/h4-14H,16H2,1-3H3. The van der Waals surface area contributed by atoms with Gasteiger partial charge in [-0.2, -0.15) is 5.26 Å². The maximum atomic E-state index is 9.41. The third kappa shape index (κ3) is 4.18. The van der Waals surface area contributed by atoms with Gasteiger partial charge in [-0.15, -0.1) is 10.2 Å². The van der Waals surface area contributed by atoms with Crippen LogP contribution in [-0.2, 0) is 5.75 Å². The van der Waals surface area contributed by atoms with Crippen molar-refractivity contribution in [3.8, 4) is 34.6 Å². The Morgan fingerprint density at radius 3 is 2.44 bits per heavy atom. The molecule has 0 fully saturated rings. The Balaban J connectivity index is 1.80. The number of hydrogen-bond donors (Lipinski definition) is 0. The summed E-state index contributed by atoms with van der Waals surface area (Å²) in [5.74, 6) is 2.60. The molecule has 7 heteroatoms. The molecule has 0 amide bonds. The van der Waals surface area contributed by atoms with Gasteiger partial charge in [0.25, 0.3) is 0 Å². The number of thioether (sulfide) groups is 1. The molecule has 4 rings (SSSR count). The van der Waals surface area contributed by atoms with Gasteiger partial charge in [-0.05, 0) is 48.4 Å². The minimum atomic E-state index is 0.611. The molecule has 0 aliphatic rings. The Morgan fingerprint density at radius 2 is 1.69 bits per heavy atom. The lowest BCUT2D eigenvalue weighted by Crippen LogP contribution is -2.02. The first-order valence-electron chi connectivity index (χ1n) is 10.0. The van der Waals surface area contributed by atoms with Gasteiger partial charge in [0.15, 0.2) is 22.5 Å². The molecule has 0 unspecified atom stereocenters. The highest BCUT2D eigenvalue weighted by Crippen LogP contribution is 2.35. The molecule has 0 N–H and O–H groups in total. The van der Waals surface area contributed by atoms with E-state index in [1.165, 1.54) is 0 Å².